The van der Waals surface area contributed by atoms with E-state index >= 15 is 0 Å². The van der Waals surface area contributed by atoms with Crippen molar-refractivity contribution in [3.63, 3.8) is 0 Å². The highest BCUT2D eigenvalue weighted by molar-refractivity contribution is 5.49. The number of aromatic nitrogens is 1. The van der Waals surface area contributed by atoms with Gasteiger partial charge in [0.25, 0.3) is 0 Å². The van der Waals surface area contributed by atoms with Gasteiger partial charge < -0.3 is 16.2 Å². The summed E-state index contributed by atoms with van der Waals surface area (Å²) in [6, 6.07) is 2.98. The number of aliphatic hydroxyl groups excluding tert-OH is 1. The molecule has 4 nitrogen and oxygen atoms in total. The lowest BCUT2D eigenvalue weighted by Gasteiger charge is -2.15. The SMILES string of the molecule is Cc1nc(NCC(O)C(F)(F)F)ccc1N. The molecule has 0 amide bonds. The van der Waals surface area contributed by atoms with Crippen molar-refractivity contribution in [1.29, 1.82) is 0 Å². The van der Waals surface area contributed by atoms with E-state index in [-0.39, 0.29) is 5.82 Å². The molecular weight excluding hydrogens is 223 g/mol. The molecule has 0 aromatic carbocycles. The molecule has 0 bridgehead atoms. The number of nitrogens with zero attached hydrogens (tertiary/aromatic N) is 1. The van der Waals surface area contributed by atoms with Crippen molar-refractivity contribution in [3.8, 4) is 0 Å². The van der Waals surface area contributed by atoms with Gasteiger partial charge in [0.1, 0.15) is 5.82 Å². The maximum Gasteiger partial charge on any atom is 0.416 e. The van der Waals surface area contributed by atoms with Gasteiger partial charge in [-0.05, 0) is 19.1 Å². The zero-order valence-corrected chi connectivity index (χ0v) is 8.54. The predicted octanol–water partition coefficient (Wildman–Crippen LogP) is 1.31. The van der Waals surface area contributed by atoms with Crippen LogP contribution in [0.3, 0.4) is 0 Å². The van der Waals surface area contributed by atoms with Gasteiger partial charge in [-0.25, -0.2) is 4.98 Å². The zero-order chi connectivity index (χ0) is 12.3. The van der Waals surface area contributed by atoms with Crippen molar-refractivity contribution in [2.45, 2.75) is 19.2 Å². The molecule has 1 aromatic heterocycles. The Morgan fingerprint density at radius 1 is 1.50 bits per heavy atom. The van der Waals surface area contributed by atoms with E-state index < -0.39 is 18.8 Å². The summed E-state index contributed by atoms with van der Waals surface area (Å²) < 4.78 is 35.9. The van der Waals surface area contributed by atoms with Gasteiger partial charge in [0.2, 0.25) is 0 Å². The van der Waals surface area contributed by atoms with Crippen LogP contribution in [0.2, 0.25) is 0 Å². The van der Waals surface area contributed by atoms with Crippen LogP contribution in [0.15, 0.2) is 12.1 Å². The molecule has 1 atom stereocenters. The van der Waals surface area contributed by atoms with Crippen molar-refractivity contribution in [2.24, 2.45) is 0 Å². The molecule has 0 saturated carbocycles. The molecule has 16 heavy (non-hydrogen) atoms. The number of alkyl halides is 3. The van der Waals surface area contributed by atoms with Crippen LogP contribution in [0.4, 0.5) is 24.7 Å². The summed E-state index contributed by atoms with van der Waals surface area (Å²) in [5, 5.41) is 11.1. The summed E-state index contributed by atoms with van der Waals surface area (Å²) in [6.45, 7) is 1.00. The van der Waals surface area contributed by atoms with E-state index in [0.29, 0.717) is 11.4 Å². The summed E-state index contributed by atoms with van der Waals surface area (Å²) in [6.07, 6.45) is -7.04. The minimum atomic E-state index is -4.63. The number of nitrogens with one attached hydrogen (secondary N) is 1. The largest absolute Gasteiger partial charge is 0.416 e. The monoisotopic (exact) mass is 235 g/mol. The number of rotatable bonds is 3. The van der Waals surface area contributed by atoms with Gasteiger partial charge in [-0.2, -0.15) is 13.2 Å². The first-order valence-corrected chi connectivity index (χ1v) is 4.52. The molecule has 0 spiro atoms. The second kappa shape index (κ2) is 4.56. The Morgan fingerprint density at radius 3 is 2.62 bits per heavy atom. The van der Waals surface area contributed by atoms with E-state index in [9.17, 15) is 13.2 Å². The van der Waals surface area contributed by atoms with Gasteiger partial charge in [-0.3, -0.25) is 0 Å². The van der Waals surface area contributed by atoms with Crippen LogP contribution in [-0.4, -0.2) is 28.9 Å². The molecule has 4 N–H and O–H groups in total. The van der Waals surface area contributed by atoms with E-state index in [4.69, 9.17) is 10.8 Å². The Morgan fingerprint density at radius 2 is 2.12 bits per heavy atom. The molecule has 0 aliphatic rings. The molecule has 0 fully saturated rings. The minimum absolute atomic E-state index is 0.245. The van der Waals surface area contributed by atoms with Gasteiger partial charge >= 0.3 is 6.18 Å². The Balaban J connectivity index is 2.58. The van der Waals surface area contributed by atoms with Gasteiger partial charge in [0, 0.05) is 0 Å². The number of hydrogen-bond acceptors (Lipinski definition) is 4. The van der Waals surface area contributed by atoms with Gasteiger partial charge in [0.05, 0.1) is 17.9 Å². The second-order valence-electron chi connectivity index (χ2n) is 3.31. The maximum absolute atomic E-state index is 12.0. The molecule has 0 radical (unpaired) electrons. The highest BCUT2D eigenvalue weighted by Gasteiger charge is 2.37. The van der Waals surface area contributed by atoms with Crippen molar-refractivity contribution in [3.05, 3.63) is 17.8 Å². The van der Waals surface area contributed by atoms with E-state index in [1.807, 2.05) is 0 Å². The molecule has 0 saturated heterocycles. The third-order valence-electron chi connectivity index (χ3n) is 1.98. The fourth-order valence-corrected chi connectivity index (χ4v) is 0.987. The van der Waals surface area contributed by atoms with Gasteiger partial charge in [-0.15, -0.1) is 0 Å². The Bertz CT molecular complexity index is 368. The first-order valence-electron chi connectivity index (χ1n) is 4.52. The molecular formula is C9H12F3N3O. The Kier molecular flexibility index (Phi) is 3.58. The quantitative estimate of drug-likeness (QED) is 0.738. The Labute approximate surface area is 90.3 Å². The lowest BCUT2D eigenvalue weighted by atomic mass is 10.3. The smallest absolute Gasteiger partial charge is 0.397 e. The van der Waals surface area contributed by atoms with Gasteiger partial charge in [0.15, 0.2) is 6.10 Å². The molecule has 0 aliphatic heterocycles. The van der Waals surface area contributed by atoms with Crippen molar-refractivity contribution >= 4 is 11.5 Å². The molecule has 0 aliphatic carbocycles. The number of nitrogens with two attached hydrogens (primary N) is 1. The van der Waals surface area contributed by atoms with Crippen LogP contribution in [0.25, 0.3) is 0 Å². The minimum Gasteiger partial charge on any atom is -0.397 e. The highest BCUT2D eigenvalue weighted by atomic mass is 19.4. The summed E-state index contributed by atoms with van der Waals surface area (Å²) in [4.78, 5) is 3.91. The number of nitrogen functional groups attached to an aromatic ring is 1. The van der Waals surface area contributed by atoms with Crippen LogP contribution in [0.5, 0.6) is 0 Å². The van der Waals surface area contributed by atoms with Crippen LogP contribution in [0.1, 0.15) is 5.69 Å². The number of anilines is 2. The third kappa shape index (κ3) is 3.27. The van der Waals surface area contributed by atoms with Crippen molar-refractivity contribution in [2.75, 3.05) is 17.6 Å². The Hall–Kier alpha value is -1.50. The summed E-state index contributed by atoms with van der Waals surface area (Å²) in [5.41, 5.74) is 6.47. The molecule has 1 unspecified atom stereocenters. The lowest BCUT2D eigenvalue weighted by molar-refractivity contribution is -0.198. The fourth-order valence-electron chi connectivity index (χ4n) is 0.987. The standard InChI is InChI=1S/C9H12F3N3O/c1-5-6(13)2-3-8(15-5)14-4-7(16)9(10,11)12/h2-3,7,16H,4,13H2,1H3,(H,14,15). The predicted molar refractivity (Wildman–Crippen MR) is 53.9 cm³/mol. The second-order valence-corrected chi connectivity index (χ2v) is 3.31. The van der Waals surface area contributed by atoms with E-state index in [1.54, 1.807) is 6.92 Å². The van der Waals surface area contributed by atoms with Crippen LogP contribution in [0, 0.1) is 6.92 Å². The lowest BCUT2D eigenvalue weighted by Crippen LogP contribution is -2.35. The third-order valence-corrected chi connectivity index (χ3v) is 1.98. The summed E-state index contributed by atoms with van der Waals surface area (Å²) in [7, 11) is 0. The first kappa shape index (κ1) is 12.6. The average molecular weight is 235 g/mol. The summed E-state index contributed by atoms with van der Waals surface area (Å²) >= 11 is 0. The van der Waals surface area contributed by atoms with Crippen molar-refractivity contribution < 1.29 is 18.3 Å². The number of aryl methyl sites for hydroxylation is 1. The van der Waals surface area contributed by atoms with Crippen molar-refractivity contribution in [1.82, 2.24) is 4.98 Å². The zero-order valence-electron chi connectivity index (χ0n) is 8.54. The average Bonchev–Trinajstić information content (AvgIpc) is 2.18. The number of aliphatic hydroxyl groups is 1. The number of pyridine rings is 1. The van der Waals surface area contributed by atoms with E-state index in [2.05, 4.69) is 10.3 Å². The number of halogens is 3. The van der Waals surface area contributed by atoms with E-state index in [1.165, 1.54) is 12.1 Å². The molecule has 90 valence electrons. The summed E-state index contributed by atoms with van der Waals surface area (Å²) in [5.74, 6) is 0.245. The van der Waals surface area contributed by atoms with Crippen LogP contribution < -0.4 is 11.1 Å². The molecule has 7 heteroatoms. The molecule has 1 heterocycles. The fraction of sp³-hybridized carbons (Fsp3) is 0.444. The molecule has 1 rings (SSSR count). The van der Waals surface area contributed by atoms with Crippen LogP contribution >= 0.6 is 0 Å². The topological polar surface area (TPSA) is 71.2 Å². The highest BCUT2D eigenvalue weighted by Crippen LogP contribution is 2.20. The molecule has 1 aromatic rings. The normalized spacial score (nSPS) is 13.6. The van der Waals surface area contributed by atoms with E-state index in [0.717, 1.165) is 0 Å². The van der Waals surface area contributed by atoms with Crippen LogP contribution in [-0.2, 0) is 0 Å². The maximum atomic E-state index is 12.0. The van der Waals surface area contributed by atoms with Gasteiger partial charge in [-0.1, -0.05) is 0 Å². The first-order chi connectivity index (χ1) is 7.30. The number of hydrogen-bond donors (Lipinski definition) is 3.